The van der Waals surface area contributed by atoms with Crippen molar-refractivity contribution < 1.29 is 14.7 Å². The summed E-state index contributed by atoms with van der Waals surface area (Å²) in [7, 11) is 0. The number of hydrogen-bond acceptors (Lipinski definition) is 3. The number of carbonyl (C=O) groups is 2. The van der Waals surface area contributed by atoms with Crippen LogP contribution in [0.3, 0.4) is 0 Å². The van der Waals surface area contributed by atoms with Crippen LogP contribution in [0.4, 0.5) is 5.69 Å². The van der Waals surface area contributed by atoms with E-state index >= 15 is 0 Å². The molecule has 0 unspecified atom stereocenters. The third kappa shape index (κ3) is 4.15. The number of benzene rings is 1. The summed E-state index contributed by atoms with van der Waals surface area (Å²) in [5, 5.41) is 12.1. The molecule has 2 aromatic rings. The maximum absolute atomic E-state index is 11.8. The van der Waals surface area contributed by atoms with Crippen molar-refractivity contribution in [1.82, 2.24) is 4.98 Å². The van der Waals surface area contributed by atoms with E-state index in [1.54, 1.807) is 30.3 Å². The number of anilines is 1. The molecule has 0 aliphatic heterocycles. The fraction of sp³-hybridized carbons (Fsp3) is 0. The Kier molecular flexibility index (Phi) is 4.68. The van der Waals surface area contributed by atoms with E-state index in [-0.39, 0.29) is 11.3 Å². The van der Waals surface area contributed by atoms with E-state index in [1.807, 2.05) is 0 Å². The van der Waals surface area contributed by atoms with Crippen molar-refractivity contribution in [1.29, 1.82) is 0 Å². The SMILES string of the molecule is O=C(C=Cc1ccc(Cl)cc1)Nc1cnccc1C(=O)O. The number of carboxylic acid groups (broad SMARTS) is 1. The molecule has 1 heterocycles. The van der Waals surface area contributed by atoms with Crippen LogP contribution >= 0.6 is 11.6 Å². The molecule has 0 aliphatic carbocycles. The smallest absolute Gasteiger partial charge is 0.337 e. The molecular weight excluding hydrogens is 292 g/mol. The number of hydrogen-bond donors (Lipinski definition) is 2. The third-order valence-corrected chi connectivity index (χ3v) is 2.86. The van der Waals surface area contributed by atoms with Gasteiger partial charge in [-0.05, 0) is 29.8 Å². The minimum atomic E-state index is -1.13. The number of nitrogens with one attached hydrogen (secondary N) is 1. The number of carboxylic acids is 1. The van der Waals surface area contributed by atoms with E-state index in [1.165, 1.54) is 24.5 Å². The number of aromatic nitrogens is 1. The molecule has 106 valence electrons. The van der Waals surface area contributed by atoms with Crippen LogP contribution in [-0.4, -0.2) is 22.0 Å². The summed E-state index contributed by atoms with van der Waals surface area (Å²) in [5.74, 6) is -1.57. The molecule has 0 radical (unpaired) electrons. The fourth-order valence-electron chi connectivity index (χ4n) is 1.60. The van der Waals surface area contributed by atoms with E-state index < -0.39 is 11.9 Å². The van der Waals surface area contributed by atoms with E-state index in [0.717, 1.165) is 5.56 Å². The summed E-state index contributed by atoms with van der Waals surface area (Å²) in [4.78, 5) is 26.6. The molecule has 6 heteroatoms. The van der Waals surface area contributed by atoms with Gasteiger partial charge in [0.1, 0.15) is 0 Å². The number of halogens is 1. The minimum Gasteiger partial charge on any atom is -0.478 e. The highest BCUT2D eigenvalue weighted by Crippen LogP contribution is 2.14. The molecule has 5 nitrogen and oxygen atoms in total. The van der Waals surface area contributed by atoms with Gasteiger partial charge in [0.2, 0.25) is 5.91 Å². The number of nitrogens with zero attached hydrogens (tertiary/aromatic N) is 1. The lowest BCUT2D eigenvalue weighted by molar-refractivity contribution is -0.111. The average molecular weight is 303 g/mol. The van der Waals surface area contributed by atoms with Crippen LogP contribution in [-0.2, 0) is 4.79 Å². The van der Waals surface area contributed by atoms with E-state index in [0.29, 0.717) is 5.02 Å². The van der Waals surface area contributed by atoms with E-state index in [2.05, 4.69) is 10.3 Å². The number of rotatable bonds is 4. The van der Waals surface area contributed by atoms with Crippen molar-refractivity contribution >= 4 is 35.2 Å². The Hall–Kier alpha value is -2.66. The second-order valence-electron chi connectivity index (χ2n) is 4.10. The second-order valence-corrected chi connectivity index (χ2v) is 4.54. The van der Waals surface area contributed by atoms with Crippen LogP contribution in [0.15, 0.2) is 48.8 Å². The molecular formula is C15H11ClN2O3. The summed E-state index contributed by atoms with van der Waals surface area (Å²) in [6.07, 6.45) is 5.55. The maximum atomic E-state index is 11.8. The topological polar surface area (TPSA) is 79.3 Å². The molecule has 0 spiro atoms. The molecule has 0 saturated carbocycles. The molecule has 1 aromatic heterocycles. The van der Waals surface area contributed by atoms with Crippen LogP contribution in [0, 0.1) is 0 Å². The van der Waals surface area contributed by atoms with Gasteiger partial charge >= 0.3 is 5.97 Å². The molecule has 1 amide bonds. The molecule has 21 heavy (non-hydrogen) atoms. The molecule has 0 aliphatic rings. The number of aromatic carboxylic acids is 1. The molecule has 0 bridgehead atoms. The first kappa shape index (κ1) is 14.7. The lowest BCUT2D eigenvalue weighted by Crippen LogP contribution is -2.12. The second kappa shape index (κ2) is 6.67. The maximum Gasteiger partial charge on any atom is 0.337 e. The van der Waals surface area contributed by atoms with E-state index in [9.17, 15) is 9.59 Å². The van der Waals surface area contributed by atoms with Crippen molar-refractivity contribution in [3.63, 3.8) is 0 Å². The Balaban J connectivity index is 2.08. The highest BCUT2D eigenvalue weighted by atomic mass is 35.5. The summed E-state index contributed by atoms with van der Waals surface area (Å²) >= 11 is 5.76. The Morgan fingerprint density at radius 3 is 2.57 bits per heavy atom. The third-order valence-electron chi connectivity index (χ3n) is 2.61. The van der Waals surface area contributed by atoms with Gasteiger partial charge in [-0.3, -0.25) is 9.78 Å². The molecule has 2 rings (SSSR count). The minimum absolute atomic E-state index is 0.0155. The van der Waals surface area contributed by atoms with Gasteiger partial charge in [0.15, 0.2) is 0 Å². The fourth-order valence-corrected chi connectivity index (χ4v) is 1.73. The van der Waals surface area contributed by atoms with Crippen LogP contribution < -0.4 is 5.32 Å². The molecule has 0 fully saturated rings. The van der Waals surface area contributed by atoms with Gasteiger partial charge in [-0.1, -0.05) is 23.7 Å². The lowest BCUT2D eigenvalue weighted by Gasteiger charge is -2.05. The first-order valence-corrected chi connectivity index (χ1v) is 6.36. The van der Waals surface area contributed by atoms with Crippen LogP contribution in [0.1, 0.15) is 15.9 Å². The standard InChI is InChI=1S/C15H11ClN2O3/c16-11-4-1-10(2-5-11)3-6-14(19)18-13-9-17-8-7-12(13)15(20)21/h1-9H,(H,18,19)(H,20,21). The Bertz CT molecular complexity index is 696. The van der Waals surface area contributed by atoms with Crippen molar-refractivity contribution in [2.24, 2.45) is 0 Å². The van der Waals surface area contributed by atoms with Gasteiger partial charge in [0.25, 0.3) is 0 Å². The predicted molar refractivity (Wildman–Crippen MR) is 80.3 cm³/mol. The normalized spacial score (nSPS) is 10.5. The van der Waals surface area contributed by atoms with Crippen LogP contribution in [0.5, 0.6) is 0 Å². The zero-order valence-corrected chi connectivity index (χ0v) is 11.5. The van der Waals surface area contributed by atoms with Crippen LogP contribution in [0.25, 0.3) is 6.08 Å². The predicted octanol–water partition coefficient (Wildman–Crippen LogP) is 3.09. The molecule has 1 aromatic carbocycles. The van der Waals surface area contributed by atoms with Crippen LogP contribution in [0.2, 0.25) is 5.02 Å². The summed E-state index contributed by atoms with van der Waals surface area (Å²) in [6.45, 7) is 0. The van der Waals surface area contributed by atoms with Crippen molar-refractivity contribution in [2.45, 2.75) is 0 Å². The number of pyridine rings is 1. The average Bonchev–Trinajstić information content (AvgIpc) is 2.47. The largest absolute Gasteiger partial charge is 0.478 e. The van der Waals surface area contributed by atoms with Crippen molar-refractivity contribution in [3.05, 3.63) is 65.0 Å². The highest BCUT2D eigenvalue weighted by molar-refractivity contribution is 6.30. The Labute approximate surface area is 125 Å². The molecule has 0 atom stereocenters. The first-order chi connectivity index (χ1) is 10.1. The van der Waals surface area contributed by atoms with Crippen molar-refractivity contribution in [2.75, 3.05) is 5.32 Å². The van der Waals surface area contributed by atoms with Gasteiger partial charge < -0.3 is 10.4 Å². The van der Waals surface area contributed by atoms with Gasteiger partial charge in [0.05, 0.1) is 17.4 Å². The quantitative estimate of drug-likeness (QED) is 0.851. The zero-order valence-electron chi connectivity index (χ0n) is 10.8. The molecule has 2 N–H and O–H groups in total. The lowest BCUT2D eigenvalue weighted by atomic mass is 10.2. The van der Waals surface area contributed by atoms with Crippen molar-refractivity contribution in [3.8, 4) is 0 Å². The van der Waals surface area contributed by atoms with Gasteiger partial charge in [-0.15, -0.1) is 0 Å². The summed E-state index contributed by atoms with van der Waals surface area (Å²) in [6, 6.07) is 8.27. The van der Waals surface area contributed by atoms with Gasteiger partial charge in [0, 0.05) is 17.3 Å². The van der Waals surface area contributed by atoms with E-state index in [4.69, 9.17) is 16.7 Å². The number of amides is 1. The summed E-state index contributed by atoms with van der Waals surface area (Å²) < 4.78 is 0. The van der Waals surface area contributed by atoms with Gasteiger partial charge in [-0.25, -0.2) is 4.79 Å². The Morgan fingerprint density at radius 2 is 1.90 bits per heavy atom. The Morgan fingerprint density at radius 1 is 1.19 bits per heavy atom. The van der Waals surface area contributed by atoms with Gasteiger partial charge in [-0.2, -0.15) is 0 Å². The number of carbonyl (C=O) groups excluding carboxylic acids is 1. The monoisotopic (exact) mass is 302 g/mol. The highest BCUT2D eigenvalue weighted by Gasteiger charge is 2.10. The zero-order chi connectivity index (χ0) is 15.2. The first-order valence-electron chi connectivity index (χ1n) is 5.98. The molecule has 0 saturated heterocycles. The summed E-state index contributed by atoms with van der Waals surface area (Å²) in [5.41, 5.74) is 0.938.